The van der Waals surface area contributed by atoms with Crippen LogP contribution in [0.4, 0.5) is 5.69 Å². The van der Waals surface area contributed by atoms with Crippen LogP contribution >= 0.6 is 11.8 Å². The van der Waals surface area contributed by atoms with Gasteiger partial charge < -0.3 is 5.73 Å². The van der Waals surface area contributed by atoms with Gasteiger partial charge in [-0.15, -0.1) is 11.8 Å². The van der Waals surface area contributed by atoms with Crippen LogP contribution in [-0.2, 0) is 6.42 Å². The lowest BCUT2D eigenvalue weighted by molar-refractivity contribution is 0.929. The van der Waals surface area contributed by atoms with Crippen LogP contribution < -0.4 is 5.73 Å². The predicted molar refractivity (Wildman–Crippen MR) is 71.9 cm³/mol. The zero-order valence-corrected chi connectivity index (χ0v) is 10.4. The Labute approximate surface area is 105 Å². The van der Waals surface area contributed by atoms with Crippen molar-refractivity contribution in [2.45, 2.75) is 17.9 Å². The molecule has 0 spiro atoms. The summed E-state index contributed by atoms with van der Waals surface area (Å²) in [7, 11) is 0. The van der Waals surface area contributed by atoms with Crippen LogP contribution in [-0.4, -0.2) is 15.7 Å². The van der Waals surface area contributed by atoms with E-state index < -0.39 is 0 Å². The van der Waals surface area contributed by atoms with Gasteiger partial charge in [-0.05, 0) is 36.3 Å². The lowest BCUT2D eigenvalue weighted by Crippen LogP contribution is -1.91. The standard InChI is InChI=1S/C13H15N3S/c14-12-5-1-3-11(9-12)4-2-8-17-13-10-15-6-7-16-13/h1,3,5-7,9-10H,2,4,8,14H2. The Bertz CT molecular complexity index is 459. The quantitative estimate of drug-likeness (QED) is 0.500. The van der Waals surface area contributed by atoms with Gasteiger partial charge in [-0.25, -0.2) is 4.98 Å². The highest BCUT2D eigenvalue weighted by molar-refractivity contribution is 7.99. The molecule has 0 aliphatic heterocycles. The Morgan fingerprint density at radius 1 is 1.24 bits per heavy atom. The van der Waals surface area contributed by atoms with Crippen molar-refractivity contribution in [3.63, 3.8) is 0 Å². The molecule has 1 aromatic heterocycles. The summed E-state index contributed by atoms with van der Waals surface area (Å²) >= 11 is 1.74. The maximum absolute atomic E-state index is 5.73. The van der Waals surface area contributed by atoms with E-state index in [0.29, 0.717) is 0 Å². The van der Waals surface area contributed by atoms with Crippen molar-refractivity contribution in [3.05, 3.63) is 48.4 Å². The molecule has 2 rings (SSSR count). The fraction of sp³-hybridized carbons (Fsp3) is 0.231. The van der Waals surface area contributed by atoms with Gasteiger partial charge in [0.15, 0.2) is 0 Å². The summed E-state index contributed by atoms with van der Waals surface area (Å²) < 4.78 is 0. The average molecular weight is 245 g/mol. The Kier molecular flexibility index (Phi) is 4.38. The third-order valence-electron chi connectivity index (χ3n) is 2.35. The summed E-state index contributed by atoms with van der Waals surface area (Å²) in [5.41, 5.74) is 7.86. The summed E-state index contributed by atoms with van der Waals surface area (Å²) in [4.78, 5) is 8.25. The second-order valence-electron chi connectivity index (χ2n) is 3.74. The Morgan fingerprint density at radius 2 is 2.18 bits per heavy atom. The minimum atomic E-state index is 0.837. The van der Waals surface area contributed by atoms with Crippen LogP contribution in [0.1, 0.15) is 12.0 Å². The summed E-state index contributed by atoms with van der Waals surface area (Å²) in [6.07, 6.45) is 7.38. The fourth-order valence-corrected chi connectivity index (χ4v) is 2.33. The first kappa shape index (κ1) is 11.9. The SMILES string of the molecule is Nc1cccc(CCCSc2cnccn2)c1. The van der Waals surface area contributed by atoms with Crippen LogP contribution in [0, 0.1) is 0 Å². The number of benzene rings is 1. The minimum Gasteiger partial charge on any atom is -0.399 e. The highest BCUT2D eigenvalue weighted by Crippen LogP contribution is 2.16. The van der Waals surface area contributed by atoms with E-state index in [9.17, 15) is 0 Å². The van der Waals surface area contributed by atoms with E-state index in [1.165, 1.54) is 5.56 Å². The number of hydrogen-bond acceptors (Lipinski definition) is 4. The van der Waals surface area contributed by atoms with Crippen LogP contribution in [0.2, 0.25) is 0 Å². The number of thioether (sulfide) groups is 1. The molecule has 3 nitrogen and oxygen atoms in total. The lowest BCUT2D eigenvalue weighted by Gasteiger charge is -2.02. The van der Waals surface area contributed by atoms with E-state index >= 15 is 0 Å². The maximum atomic E-state index is 5.73. The summed E-state index contributed by atoms with van der Waals surface area (Å²) in [6, 6.07) is 8.06. The molecule has 0 aliphatic carbocycles. The molecule has 0 unspecified atom stereocenters. The first-order valence-electron chi connectivity index (χ1n) is 5.58. The van der Waals surface area contributed by atoms with E-state index in [4.69, 9.17) is 5.73 Å². The van der Waals surface area contributed by atoms with Crippen LogP contribution in [0.3, 0.4) is 0 Å². The number of anilines is 1. The van der Waals surface area contributed by atoms with Crippen LogP contribution in [0.15, 0.2) is 47.9 Å². The highest BCUT2D eigenvalue weighted by atomic mass is 32.2. The molecular weight excluding hydrogens is 230 g/mol. The van der Waals surface area contributed by atoms with Gasteiger partial charge in [0.05, 0.1) is 6.20 Å². The molecule has 0 saturated heterocycles. The Balaban J connectivity index is 1.73. The first-order valence-corrected chi connectivity index (χ1v) is 6.56. The van der Waals surface area contributed by atoms with Gasteiger partial charge in [-0.3, -0.25) is 4.98 Å². The Morgan fingerprint density at radius 3 is 2.94 bits per heavy atom. The molecule has 0 bridgehead atoms. The molecule has 4 heteroatoms. The van der Waals surface area contributed by atoms with Gasteiger partial charge >= 0.3 is 0 Å². The topological polar surface area (TPSA) is 51.8 Å². The molecule has 0 fully saturated rings. The fourth-order valence-electron chi connectivity index (χ4n) is 1.56. The predicted octanol–water partition coefficient (Wildman–Crippen LogP) is 2.78. The average Bonchev–Trinajstić information content (AvgIpc) is 2.36. The summed E-state index contributed by atoms with van der Waals surface area (Å²) in [5, 5.41) is 0.986. The van der Waals surface area contributed by atoms with Gasteiger partial charge in [0, 0.05) is 18.1 Å². The normalized spacial score (nSPS) is 10.4. The zero-order valence-electron chi connectivity index (χ0n) is 9.54. The largest absolute Gasteiger partial charge is 0.399 e. The molecule has 1 heterocycles. The van der Waals surface area contributed by atoms with Gasteiger partial charge in [0.2, 0.25) is 0 Å². The molecule has 17 heavy (non-hydrogen) atoms. The number of aryl methyl sites for hydroxylation is 1. The second kappa shape index (κ2) is 6.25. The summed E-state index contributed by atoms with van der Waals surface area (Å²) in [6.45, 7) is 0. The highest BCUT2D eigenvalue weighted by Gasteiger charge is 1.97. The molecular formula is C13H15N3S. The van der Waals surface area contributed by atoms with Crippen molar-refractivity contribution >= 4 is 17.4 Å². The van der Waals surface area contributed by atoms with Gasteiger partial charge in [-0.1, -0.05) is 12.1 Å². The number of rotatable bonds is 5. The maximum Gasteiger partial charge on any atom is 0.114 e. The van der Waals surface area contributed by atoms with Crippen molar-refractivity contribution < 1.29 is 0 Å². The third kappa shape index (κ3) is 4.07. The Hall–Kier alpha value is -1.55. The monoisotopic (exact) mass is 245 g/mol. The number of nitrogens with two attached hydrogens (primary N) is 1. The van der Waals surface area contributed by atoms with Crippen LogP contribution in [0.25, 0.3) is 0 Å². The second-order valence-corrected chi connectivity index (χ2v) is 4.86. The number of nitrogen functional groups attached to an aromatic ring is 1. The van der Waals surface area contributed by atoms with Crippen molar-refractivity contribution in [2.24, 2.45) is 0 Å². The molecule has 1 aromatic carbocycles. The van der Waals surface area contributed by atoms with E-state index in [1.807, 2.05) is 18.2 Å². The van der Waals surface area contributed by atoms with Gasteiger partial charge in [-0.2, -0.15) is 0 Å². The molecule has 0 saturated carbocycles. The van der Waals surface area contributed by atoms with E-state index in [1.54, 1.807) is 30.4 Å². The van der Waals surface area contributed by atoms with E-state index in [2.05, 4.69) is 16.0 Å². The van der Waals surface area contributed by atoms with Crippen molar-refractivity contribution in [1.29, 1.82) is 0 Å². The first-order chi connectivity index (χ1) is 8.34. The molecule has 0 radical (unpaired) electrons. The van der Waals surface area contributed by atoms with Crippen molar-refractivity contribution in [1.82, 2.24) is 9.97 Å². The number of hydrogen-bond donors (Lipinski definition) is 1. The molecule has 88 valence electrons. The van der Waals surface area contributed by atoms with Crippen molar-refractivity contribution in [2.75, 3.05) is 11.5 Å². The van der Waals surface area contributed by atoms with Crippen LogP contribution in [0.5, 0.6) is 0 Å². The molecule has 2 aromatic rings. The number of aromatic nitrogens is 2. The van der Waals surface area contributed by atoms with Gasteiger partial charge in [0.1, 0.15) is 5.03 Å². The van der Waals surface area contributed by atoms with E-state index in [0.717, 1.165) is 29.3 Å². The summed E-state index contributed by atoms with van der Waals surface area (Å²) in [5.74, 6) is 1.05. The lowest BCUT2D eigenvalue weighted by atomic mass is 10.1. The van der Waals surface area contributed by atoms with Crippen molar-refractivity contribution in [3.8, 4) is 0 Å². The molecule has 0 amide bonds. The zero-order chi connectivity index (χ0) is 11.9. The third-order valence-corrected chi connectivity index (χ3v) is 3.35. The van der Waals surface area contributed by atoms with Gasteiger partial charge in [0.25, 0.3) is 0 Å². The minimum absolute atomic E-state index is 0.837. The van der Waals surface area contributed by atoms with E-state index in [-0.39, 0.29) is 0 Å². The smallest absolute Gasteiger partial charge is 0.114 e. The molecule has 0 atom stereocenters. The molecule has 0 aliphatic rings. The number of nitrogens with zero attached hydrogens (tertiary/aromatic N) is 2. The molecule has 2 N–H and O–H groups in total.